The first-order chi connectivity index (χ1) is 20.9. The van der Waals surface area contributed by atoms with Gasteiger partial charge < -0.3 is 34.8 Å². The Morgan fingerprint density at radius 2 is 1.66 bits per heavy atom. The van der Waals surface area contributed by atoms with Crippen molar-refractivity contribution in [3.63, 3.8) is 0 Å². The second-order valence-corrected chi connectivity index (χ2v) is 11.2. The van der Waals surface area contributed by atoms with Crippen molar-refractivity contribution >= 4 is 40.1 Å². The number of rotatable bonds is 7. The second kappa shape index (κ2) is 10.2. The number of nitrogens with zero attached hydrogens (tertiary/aromatic N) is 2. The van der Waals surface area contributed by atoms with E-state index in [0.717, 1.165) is 26.2 Å². The molecule has 13 heteroatoms. The number of carbonyl (C=O) groups excluding carboxylic acids is 4. The minimum Gasteiger partial charge on any atom is -0.507 e. The number of hydrogen-bond donors (Lipinski definition) is 4. The Morgan fingerprint density at radius 1 is 0.977 bits per heavy atom. The predicted molar refractivity (Wildman–Crippen MR) is 155 cm³/mol. The number of allylic oxidation sites excluding steroid dienone is 2. The third kappa shape index (κ3) is 3.89. The summed E-state index contributed by atoms with van der Waals surface area (Å²) in [5, 5.41) is 37.7. The topological polar surface area (TPSA) is 196 Å². The number of phenolic OH excluding ortho intramolecular Hbond substituents is 3. The molecule has 0 radical (unpaired) electrons. The summed E-state index contributed by atoms with van der Waals surface area (Å²) in [7, 11) is 5.01. The Hall–Kier alpha value is -5.30. The van der Waals surface area contributed by atoms with E-state index in [4.69, 9.17) is 9.57 Å². The molecule has 226 valence electrons. The largest absolute Gasteiger partial charge is 0.507 e. The predicted octanol–water partition coefficient (Wildman–Crippen LogP) is 2.12. The minimum atomic E-state index is -2.11. The lowest BCUT2D eigenvalue weighted by Crippen LogP contribution is -2.36. The van der Waals surface area contributed by atoms with Gasteiger partial charge in [0.1, 0.15) is 29.3 Å². The van der Waals surface area contributed by atoms with Crippen LogP contribution in [0, 0.1) is 0 Å². The number of hydrogen-bond acceptors (Lipinski definition) is 12. The third-order valence-electron chi connectivity index (χ3n) is 8.37. The molecule has 0 aliphatic heterocycles. The van der Waals surface area contributed by atoms with Crippen molar-refractivity contribution in [1.82, 2.24) is 9.88 Å². The number of ether oxygens (including phenoxy) is 1. The number of aryl methyl sites for hydroxylation is 1. The summed E-state index contributed by atoms with van der Waals surface area (Å²) < 4.78 is 4.92. The number of aromatic amines is 1. The number of oxime groups is 1. The Kier molecular flexibility index (Phi) is 6.65. The summed E-state index contributed by atoms with van der Waals surface area (Å²) in [5.41, 5.74) is -4.80. The molecular formula is C31H27N3O10. The van der Waals surface area contributed by atoms with Crippen LogP contribution >= 0.6 is 0 Å². The molecule has 2 aromatic carbocycles. The number of Topliss-reactive ketones (excluding diaryl/α,β-unsaturated/α-hetero) is 3. The fraction of sp³-hybridized carbons (Fsp3) is 0.290. The van der Waals surface area contributed by atoms with Gasteiger partial charge in [0, 0.05) is 18.2 Å². The number of aromatic hydroxyl groups is 3. The van der Waals surface area contributed by atoms with E-state index >= 15 is 0 Å². The zero-order valence-corrected chi connectivity index (χ0v) is 23.9. The minimum absolute atomic E-state index is 0.127. The summed E-state index contributed by atoms with van der Waals surface area (Å²) in [6, 6.07) is 3.14. The van der Waals surface area contributed by atoms with Crippen LogP contribution in [0.2, 0.25) is 0 Å². The third-order valence-corrected chi connectivity index (χ3v) is 8.37. The average molecular weight is 602 g/mol. The van der Waals surface area contributed by atoms with Crippen molar-refractivity contribution in [3.8, 4) is 17.2 Å². The van der Waals surface area contributed by atoms with E-state index in [-0.39, 0.29) is 23.8 Å². The van der Waals surface area contributed by atoms with Crippen molar-refractivity contribution < 1.29 is 44.1 Å². The zero-order valence-electron chi connectivity index (χ0n) is 23.9. The average Bonchev–Trinajstić information content (AvgIpc) is 3.46. The van der Waals surface area contributed by atoms with E-state index in [1.807, 2.05) is 19.0 Å². The summed E-state index contributed by atoms with van der Waals surface area (Å²) in [6.45, 7) is 1.18. The van der Waals surface area contributed by atoms with Crippen LogP contribution in [0.1, 0.15) is 71.1 Å². The van der Waals surface area contributed by atoms with E-state index in [9.17, 15) is 39.3 Å². The van der Waals surface area contributed by atoms with Gasteiger partial charge in [-0.1, -0.05) is 11.2 Å². The van der Waals surface area contributed by atoms with Crippen LogP contribution in [-0.2, 0) is 21.4 Å². The van der Waals surface area contributed by atoms with Gasteiger partial charge in [-0.2, -0.15) is 0 Å². The van der Waals surface area contributed by atoms with E-state index in [1.54, 1.807) is 12.1 Å². The van der Waals surface area contributed by atoms with Crippen LogP contribution in [-0.4, -0.2) is 88.9 Å². The maximum Gasteiger partial charge on any atom is 0.260 e. The molecule has 3 aliphatic carbocycles. The van der Waals surface area contributed by atoms with Gasteiger partial charge in [0.25, 0.3) is 5.56 Å². The zero-order chi connectivity index (χ0) is 31.7. The lowest BCUT2D eigenvalue weighted by atomic mass is 9.76. The van der Waals surface area contributed by atoms with Crippen molar-refractivity contribution in [3.05, 3.63) is 73.4 Å². The van der Waals surface area contributed by atoms with Crippen molar-refractivity contribution in [2.75, 3.05) is 34.4 Å². The number of ketones is 4. The number of fused-ring (bicyclic) bond motifs is 5. The molecule has 4 N–H and O–H groups in total. The standard InChI is InChI=1S/C31H27N3O10/c1-34(2)7-4-8-44-32-12-15-10-14-9-13-5-6-31(23(13)27(39)18(14)30(42)33-15)28(40)21-22(29(31)41)26(38)20-19(25(21)37)16(35)11-17(43-3)24(20)36/h9-12,37-39H,4-8H2,1-3H3,(H,33,42). The number of nitrogens with one attached hydrogen (secondary N) is 1. The fourth-order valence-electron chi connectivity index (χ4n) is 6.42. The van der Waals surface area contributed by atoms with Crippen LogP contribution in [0.15, 0.2) is 33.9 Å². The van der Waals surface area contributed by atoms with E-state index in [0.29, 0.717) is 23.3 Å². The Bertz CT molecular complexity index is 1970. The number of H-pyrrole nitrogens is 1. The molecule has 1 unspecified atom stereocenters. The monoisotopic (exact) mass is 601 g/mol. The molecule has 0 fully saturated rings. The molecule has 1 atom stereocenters. The van der Waals surface area contributed by atoms with Gasteiger partial charge in [-0.05, 0) is 50.4 Å². The summed E-state index contributed by atoms with van der Waals surface area (Å²) >= 11 is 0. The molecule has 0 saturated carbocycles. The van der Waals surface area contributed by atoms with Crippen molar-refractivity contribution in [2.24, 2.45) is 5.16 Å². The molecule has 0 amide bonds. The molecular weight excluding hydrogens is 574 g/mol. The van der Waals surface area contributed by atoms with Gasteiger partial charge in [0.2, 0.25) is 5.78 Å². The van der Waals surface area contributed by atoms with E-state index in [2.05, 4.69) is 10.1 Å². The number of benzene rings is 2. The Morgan fingerprint density at radius 3 is 2.32 bits per heavy atom. The van der Waals surface area contributed by atoms with Crippen LogP contribution in [0.5, 0.6) is 17.2 Å². The first-order valence-electron chi connectivity index (χ1n) is 13.7. The smallest absolute Gasteiger partial charge is 0.260 e. The van der Waals surface area contributed by atoms with Gasteiger partial charge in [-0.3, -0.25) is 24.0 Å². The second-order valence-electron chi connectivity index (χ2n) is 11.2. The van der Waals surface area contributed by atoms with Gasteiger partial charge in [-0.25, -0.2) is 0 Å². The molecule has 13 nitrogen and oxygen atoms in total. The van der Waals surface area contributed by atoms with Crippen molar-refractivity contribution in [2.45, 2.75) is 24.7 Å². The Balaban J connectivity index is 1.44. The normalized spacial score (nSPS) is 18.9. The summed E-state index contributed by atoms with van der Waals surface area (Å²) in [6.07, 6.45) is 2.86. The first kappa shape index (κ1) is 28.8. The molecule has 3 aliphatic rings. The number of aromatic nitrogens is 1. The maximum absolute atomic E-state index is 14.1. The highest BCUT2D eigenvalue weighted by Gasteiger charge is 2.61. The maximum atomic E-state index is 14.1. The van der Waals surface area contributed by atoms with Gasteiger partial charge >= 0.3 is 0 Å². The highest BCUT2D eigenvalue weighted by atomic mass is 16.6. The summed E-state index contributed by atoms with van der Waals surface area (Å²) in [5.74, 6) is -6.68. The van der Waals surface area contributed by atoms with E-state index in [1.165, 1.54) is 6.21 Å². The van der Waals surface area contributed by atoms with Crippen molar-refractivity contribution in [1.29, 1.82) is 0 Å². The molecule has 0 saturated heterocycles. The molecule has 1 spiro atoms. The number of pyridine rings is 1. The number of methoxy groups -OCH3 is 1. The van der Waals surface area contributed by atoms with Crippen LogP contribution in [0.4, 0.5) is 0 Å². The fourth-order valence-corrected chi connectivity index (χ4v) is 6.42. The van der Waals surface area contributed by atoms with Crippen LogP contribution in [0.25, 0.3) is 10.8 Å². The molecule has 1 heterocycles. The van der Waals surface area contributed by atoms with E-state index < -0.39 is 79.4 Å². The highest BCUT2D eigenvalue weighted by Crippen LogP contribution is 2.57. The highest BCUT2D eigenvalue weighted by molar-refractivity contribution is 6.38. The van der Waals surface area contributed by atoms with Gasteiger partial charge in [0.15, 0.2) is 23.1 Å². The molecule has 6 rings (SSSR count). The first-order valence-corrected chi connectivity index (χ1v) is 13.7. The number of carbonyl (C=O) groups is 4. The quantitative estimate of drug-likeness (QED) is 0.102. The molecule has 0 bridgehead atoms. The van der Waals surface area contributed by atoms with Crippen LogP contribution in [0.3, 0.4) is 0 Å². The molecule has 1 aromatic heterocycles. The SMILES string of the molecule is COC1=CC(=O)c2c(O)c3c(c(O)c2C1=O)C(=O)C1(CCc2cc4cc(C=NOCCCN(C)C)[nH]c(=O)c4c(O)c21)C3=O. The van der Waals surface area contributed by atoms with Gasteiger partial charge in [-0.15, -0.1) is 0 Å². The molecule has 3 aromatic rings. The van der Waals surface area contributed by atoms with Gasteiger partial charge in [0.05, 0.1) is 46.7 Å². The number of phenols is 3. The Labute approximate surface area is 249 Å². The lowest BCUT2D eigenvalue weighted by Gasteiger charge is -2.22. The lowest BCUT2D eigenvalue weighted by molar-refractivity contribution is 0.0790. The summed E-state index contributed by atoms with van der Waals surface area (Å²) in [4.78, 5) is 76.9. The molecule has 44 heavy (non-hydrogen) atoms. The van der Waals surface area contributed by atoms with Crippen LogP contribution < -0.4 is 5.56 Å².